The fourth-order valence-corrected chi connectivity index (χ4v) is 2.66. The Morgan fingerprint density at radius 3 is 2.58 bits per heavy atom. The first-order valence-corrected chi connectivity index (χ1v) is 7.90. The van der Waals surface area contributed by atoms with Crippen LogP contribution in [0.25, 0.3) is 5.69 Å². The van der Waals surface area contributed by atoms with Gasteiger partial charge in [-0.25, -0.2) is 4.68 Å². The molecule has 122 valence electrons. The molecule has 1 N–H and O–H groups in total. The minimum absolute atomic E-state index is 0.272. The van der Waals surface area contributed by atoms with Gasteiger partial charge >= 0.3 is 0 Å². The lowest BCUT2D eigenvalue weighted by Gasteiger charge is -2.08. The van der Waals surface area contributed by atoms with Gasteiger partial charge in [-0.3, -0.25) is 4.79 Å². The summed E-state index contributed by atoms with van der Waals surface area (Å²) in [4.78, 5) is 12.5. The molecule has 0 radical (unpaired) electrons. The summed E-state index contributed by atoms with van der Waals surface area (Å²) in [6.45, 7) is 5.73. The zero-order valence-electron chi connectivity index (χ0n) is 13.7. The third kappa shape index (κ3) is 3.16. The minimum Gasteiger partial charge on any atom is -0.321 e. The maximum atomic E-state index is 12.5. The van der Waals surface area contributed by atoms with Crippen molar-refractivity contribution >= 4 is 23.2 Å². The van der Waals surface area contributed by atoms with Crippen LogP contribution in [0.2, 0.25) is 5.02 Å². The predicted molar refractivity (Wildman–Crippen MR) is 95.0 cm³/mol. The summed E-state index contributed by atoms with van der Waals surface area (Å²) in [6, 6.07) is 13.2. The fourth-order valence-electron chi connectivity index (χ4n) is 2.47. The number of halogens is 1. The molecule has 0 spiro atoms. The highest BCUT2D eigenvalue weighted by Gasteiger charge is 2.18. The highest BCUT2D eigenvalue weighted by atomic mass is 35.5. The highest BCUT2D eigenvalue weighted by molar-refractivity contribution is 6.32. The maximum Gasteiger partial charge on any atom is 0.278 e. The van der Waals surface area contributed by atoms with Gasteiger partial charge in [-0.15, -0.1) is 5.10 Å². The molecule has 1 amide bonds. The number of carbonyl (C=O) groups is 1. The quantitative estimate of drug-likeness (QED) is 0.781. The van der Waals surface area contributed by atoms with Crippen LogP contribution in [-0.2, 0) is 0 Å². The number of nitrogens with zero attached hydrogens (tertiary/aromatic N) is 3. The van der Waals surface area contributed by atoms with Crippen molar-refractivity contribution in [3.05, 3.63) is 70.0 Å². The molecule has 1 aromatic heterocycles. The van der Waals surface area contributed by atoms with Crippen LogP contribution in [-0.4, -0.2) is 20.9 Å². The van der Waals surface area contributed by atoms with Crippen molar-refractivity contribution in [3.8, 4) is 5.69 Å². The van der Waals surface area contributed by atoms with E-state index in [0.29, 0.717) is 16.4 Å². The first-order chi connectivity index (χ1) is 11.5. The van der Waals surface area contributed by atoms with Crippen molar-refractivity contribution in [2.45, 2.75) is 20.8 Å². The van der Waals surface area contributed by atoms with E-state index in [-0.39, 0.29) is 11.6 Å². The number of aromatic nitrogens is 3. The van der Waals surface area contributed by atoms with Crippen molar-refractivity contribution in [2.75, 3.05) is 5.32 Å². The second-order valence-electron chi connectivity index (χ2n) is 5.71. The lowest BCUT2D eigenvalue weighted by atomic mass is 10.2. The molecule has 0 saturated heterocycles. The van der Waals surface area contributed by atoms with E-state index in [0.717, 1.165) is 16.8 Å². The summed E-state index contributed by atoms with van der Waals surface area (Å²) in [6.07, 6.45) is 0. The molecular formula is C18H17ClN4O. The molecule has 0 aliphatic heterocycles. The summed E-state index contributed by atoms with van der Waals surface area (Å²) < 4.78 is 1.58. The molecule has 5 nitrogen and oxygen atoms in total. The van der Waals surface area contributed by atoms with Crippen LogP contribution in [0.15, 0.2) is 42.5 Å². The number of amides is 1. The third-order valence-corrected chi connectivity index (χ3v) is 4.04. The van der Waals surface area contributed by atoms with Crippen molar-refractivity contribution < 1.29 is 4.79 Å². The Morgan fingerprint density at radius 2 is 1.83 bits per heavy atom. The van der Waals surface area contributed by atoms with E-state index in [9.17, 15) is 4.79 Å². The Hall–Kier alpha value is -2.66. The highest BCUT2D eigenvalue weighted by Crippen LogP contribution is 2.23. The Labute approximate surface area is 145 Å². The van der Waals surface area contributed by atoms with Gasteiger partial charge in [-0.1, -0.05) is 35.0 Å². The SMILES string of the molecule is Cc1cccc(NC(=O)c2nnn(-c3cc(C)ccc3Cl)c2C)c1. The van der Waals surface area contributed by atoms with Crippen molar-refractivity contribution in [1.29, 1.82) is 0 Å². The first-order valence-electron chi connectivity index (χ1n) is 7.52. The molecule has 6 heteroatoms. The van der Waals surface area contributed by atoms with E-state index in [1.54, 1.807) is 17.7 Å². The third-order valence-electron chi connectivity index (χ3n) is 3.72. The number of anilines is 1. The van der Waals surface area contributed by atoms with Gasteiger partial charge in [0.15, 0.2) is 5.69 Å². The molecule has 1 heterocycles. The van der Waals surface area contributed by atoms with E-state index in [2.05, 4.69) is 15.6 Å². The van der Waals surface area contributed by atoms with Crippen LogP contribution >= 0.6 is 11.6 Å². The van der Waals surface area contributed by atoms with Gasteiger partial charge < -0.3 is 5.32 Å². The summed E-state index contributed by atoms with van der Waals surface area (Å²) in [5, 5.41) is 11.5. The molecule has 0 unspecified atom stereocenters. The average Bonchev–Trinajstić information content (AvgIpc) is 2.91. The van der Waals surface area contributed by atoms with Crippen LogP contribution in [0, 0.1) is 20.8 Å². The zero-order valence-corrected chi connectivity index (χ0v) is 14.4. The van der Waals surface area contributed by atoms with Gasteiger partial charge in [0.2, 0.25) is 0 Å². The molecule has 2 aromatic carbocycles. The number of hydrogen-bond acceptors (Lipinski definition) is 3. The van der Waals surface area contributed by atoms with Crippen molar-refractivity contribution in [3.63, 3.8) is 0 Å². The topological polar surface area (TPSA) is 59.8 Å². The lowest BCUT2D eigenvalue weighted by molar-refractivity contribution is 0.102. The standard InChI is InChI=1S/C18H17ClN4O/c1-11-5-4-6-14(9-11)20-18(24)17-13(3)23(22-21-17)16-10-12(2)7-8-15(16)19/h4-10H,1-3H3,(H,20,24). The number of hydrogen-bond donors (Lipinski definition) is 1. The smallest absolute Gasteiger partial charge is 0.278 e. The van der Waals surface area contributed by atoms with Gasteiger partial charge in [-0.2, -0.15) is 0 Å². The fraction of sp³-hybridized carbons (Fsp3) is 0.167. The van der Waals surface area contributed by atoms with Crippen molar-refractivity contribution in [2.24, 2.45) is 0 Å². The van der Waals surface area contributed by atoms with Crippen LogP contribution in [0.3, 0.4) is 0 Å². The summed E-state index contributed by atoms with van der Waals surface area (Å²) >= 11 is 6.25. The summed E-state index contributed by atoms with van der Waals surface area (Å²) in [5.41, 5.74) is 4.45. The summed E-state index contributed by atoms with van der Waals surface area (Å²) in [5.74, 6) is -0.298. The van der Waals surface area contributed by atoms with E-state index in [1.807, 2.05) is 50.2 Å². The Balaban J connectivity index is 1.92. The number of rotatable bonds is 3. The van der Waals surface area contributed by atoms with Crippen LogP contribution in [0.4, 0.5) is 5.69 Å². The van der Waals surface area contributed by atoms with Crippen LogP contribution in [0.5, 0.6) is 0 Å². The molecule has 0 aliphatic rings. The minimum atomic E-state index is -0.298. The molecule has 3 rings (SSSR count). The average molecular weight is 341 g/mol. The summed E-state index contributed by atoms with van der Waals surface area (Å²) in [7, 11) is 0. The predicted octanol–water partition coefficient (Wildman–Crippen LogP) is 4.10. The van der Waals surface area contributed by atoms with Crippen LogP contribution in [0.1, 0.15) is 27.3 Å². The number of benzene rings is 2. The first kappa shape index (κ1) is 16.2. The molecule has 24 heavy (non-hydrogen) atoms. The van der Waals surface area contributed by atoms with Gasteiger partial charge in [0.1, 0.15) is 0 Å². The maximum absolute atomic E-state index is 12.5. The van der Waals surface area contributed by atoms with Crippen LogP contribution < -0.4 is 5.32 Å². The number of nitrogens with one attached hydrogen (secondary N) is 1. The molecule has 3 aromatic rings. The van der Waals surface area contributed by atoms with E-state index < -0.39 is 0 Å². The number of aryl methyl sites for hydroxylation is 2. The largest absolute Gasteiger partial charge is 0.321 e. The Bertz CT molecular complexity index is 917. The molecule has 0 fully saturated rings. The monoisotopic (exact) mass is 340 g/mol. The number of carbonyl (C=O) groups excluding carboxylic acids is 1. The zero-order chi connectivity index (χ0) is 17.3. The molecule has 0 bridgehead atoms. The van der Waals surface area contributed by atoms with Gasteiger partial charge in [0.25, 0.3) is 5.91 Å². The Morgan fingerprint density at radius 1 is 1.08 bits per heavy atom. The second kappa shape index (κ2) is 6.45. The normalized spacial score (nSPS) is 10.7. The Kier molecular flexibility index (Phi) is 4.36. The molecule has 0 saturated carbocycles. The van der Waals surface area contributed by atoms with E-state index >= 15 is 0 Å². The van der Waals surface area contributed by atoms with Gasteiger partial charge in [0.05, 0.1) is 16.4 Å². The lowest BCUT2D eigenvalue weighted by Crippen LogP contribution is -2.14. The molecular weight excluding hydrogens is 324 g/mol. The van der Waals surface area contributed by atoms with Gasteiger partial charge in [0, 0.05) is 5.69 Å². The van der Waals surface area contributed by atoms with Gasteiger partial charge in [-0.05, 0) is 56.2 Å². The van der Waals surface area contributed by atoms with E-state index in [1.165, 1.54) is 0 Å². The molecule has 0 atom stereocenters. The molecule has 0 aliphatic carbocycles. The van der Waals surface area contributed by atoms with E-state index in [4.69, 9.17) is 11.6 Å². The second-order valence-corrected chi connectivity index (χ2v) is 6.12. The van der Waals surface area contributed by atoms with Crippen molar-refractivity contribution in [1.82, 2.24) is 15.0 Å².